The number of hydrogen-bond donors (Lipinski definition) is 0. The predicted octanol–water partition coefficient (Wildman–Crippen LogP) is 2.59. The van der Waals surface area contributed by atoms with Gasteiger partial charge >= 0.3 is 0 Å². The molecule has 1 heterocycles. The fourth-order valence-electron chi connectivity index (χ4n) is 1.88. The van der Waals surface area contributed by atoms with E-state index in [2.05, 4.69) is 40.8 Å². The number of aryl methyl sites for hydroxylation is 1. The highest BCUT2D eigenvalue weighted by atomic mass is 127. The molecule has 0 fully saturated rings. The molecule has 0 saturated heterocycles. The van der Waals surface area contributed by atoms with Crippen LogP contribution in [0.25, 0.3) is 0 Å². The molecule has 1 aromatic rings. The van der Waals surface area contributed by atoms with Crippen molar-refractivity contribution >= 4 is 34.2 Å². The molecule has 0 bridgehead atoms. The normalized spacial score (nSPS) is 15.6. The van der Waals surface area contributed by atoms with Crippen molar-refractivity contribution in [1.82, 2.24) is 0 Å². The van der Waals surface area contributed by atoms with E-state index in [1.807, 2.05) is 11.8 Å². The summed E-state index contributed by atoms with van der Waals surface area (Å²) in [6.07, 6.45) is 1.54. The number of rotatable bonds is 1. The fourth-order valence-corrected chi connectivity index (χ4v) is 2.43. The van der Waals surface area contributed by atoms with Gasteiger partial charge in [-0.2, -0.15) is 0 Å². The lowest BCUT2D eigenvalue weighted by molar-refractivity contribution is -0.118. The van der Waals surface area contributed by atoms with Gasteiger partial charge in [0.05, 0.1) is 0 Å². The van der Waals surface area contributed by atoms with Gasteiger partial charge in [0.25, 0.3) is 0 Å². The lowest BCUT2D eigenvalue weighted by atomic mass is 10.0. The third-order valence-electron chi connectivity index (χ3n) is 2.56. The Balaban J connectivity index is 2.47. The van der Waals surface area contributed by atoms with E-state index in [-0.39, 0.29) is 5.91 Å². The Kier molecular flexibility index (Phi) is 2.76. The third kappa shape index (κ3) is 1.65. The minimum Gasteiger partial charge on any atom is -0.312 e. The van der Waals surface area contributed by atoms with Gasteiger partial charge in [-0.25, -0.2) is 0 Å². The van der Waals surface area contributed by atoms with Gasteiger partial charge in [-0.3, -0.25) is 4.79 Å². The minimum atomic E-state index is 0.251. The van der Waals surface area contributed by atoms with Gasteiger partial charge < -0.3 is 4.90 Å². The smallest absolute Gasteiger partial charge is 0.227 e. The molecule has 0 aromatic heterocycles. The Bertz CT molecular complexity index is 376. The van der Waals surface area contributed by atoms with Crippen molar-refractivity contribution in [3.63, 3.8) is 0 Å². The largest absolute Gasteiger partial charge is 0.312 e. The van der Waals surface area contributed by atoms with E-state index in [9.17, 15) is 4.79 Å². The van der Waals surface area contributed by atoms with Crippen molar-refractivity contribution in [3.8, 4) is 0 Å². The molecule has 1 aliphatic heterocycles. The summed E-state index contributed by atoms with van der Waals surface area (Å²) < 4.78 is 1.24. The highest BCUT2D eigenvalue weighted by Crippen LogP contribution is 2.28. The average Bonchev–Trinajstić information content (AvgIpc) is 2.18. The molecule has 1 amide bonds. The zero-order valence-corrected chi connectivity index (χ0v) is 10.2. The van der Waals surface area contributed by atoms with E-state index in [1.54, 1.807) is 0 Å². The van der Waals surface area contributed by atoms with Gasteiger partial charge in [-0.1, -0.05) is 0 Å². The maximum atomic E-state index is 11.6. The van der Waals surface area contributed by atoms with Crippen LogP contribution in [0.5, 0.6) is 0 Å². The van der Waals surface area contributed by atoms with Gasteiger partial charge in [0.2, 0.25) is 5.91 Å². The maximum Gasteiger partial charge on any atom is 0.227 e. The summed E-state index contributed by atoms with van der Waals surface area (Å²) in [6, 6.07) is 6.28. The van der Waals surface area contributed by atoms with E-state index < -0.39 is 0 Å². The van der Waals surface area contributed by atoms with Gasteiger partial charge in [0, 0.05) is 22.2 Å². The van der Waals surface area contributed by atoms with Crippen molar-refractivity contribution in [2.45, 2.75) is 19.8 Å². The van der Waals surface area contributed by atoms with Crippen LogP contribution < -0.4 is 4.90 Å². The average molecular weight is 301 g/mol. The Morgan fingerprint density at radius 1 is 1.43 bits per heavy atom. The molecule has 0 radical (unpaired) electrons. The summed E-state index contributed by atoms with van der Waals surface area (Å²) >= 11 is 2.31. The Hall–Kier alpha value is -0.580. The predicted molar refractivity (Wildman–Crippen MR) is 65.5 cm³/mol. The molecule has 2 rings (SSSR count). The number of halogens is 1. The quantitative estimate of drug-likeness (QED) is 0.730. The lowest BCUT2D eigenvalue weighted by Crippen LogP contribution is -2.34. The van der Waals surface area contributed by atoms with Crippen LogP contribution in [0, 0.1) is 3.57 Å². The molecule has 1 aliphatic rings. The van der Waals surface area contributed by atoms with E-state index in [4.69, 9.17) is 0 Å². The second-order valence-electron chi connectivity index (χ2n) is 3.41. The second kappa shape index (κ2) is 3.88. The van der Waals surface area contributed by atoms with Gasteiger partial charge in [0.1, 0.15) is 0 Å². The summed E-state index contributed by atoms with van der Waals surface area (Å²) in [7, 11) is 0. The summed E-state index contributed by atoms with van der Waals surface area (Å²) in [6.45, 7) is 2.79. The number of benzene rings is 1. The molecule has 0 atom stereocenters. The summed E-state index contributed by atoms with van der Waals surface area (Å²) in [5, 5.41) is 0. The fraction of sp³-hybridized carbons (Fsp3) is 0.364. The topological polar surface area (TPSA) is 20.3 Å². The highest BCUT2D eigenvalue weighted by molar-refractivity contribution is 14.1. The van der Waals surface area contributed by atoms with Crippen LogP contribution >= 0.6 is 22.6 Å². The van der Waals surface area contributed by atoms with Crippen LogP contribution in [0.1, 0.15) is 18.9 Å². The molecule has 14 heavy (non-hydrogen) atoms. The number of carbonyl (C=O) groups excluding carboxylic acids is 1. The summed E-state index contributed by atoms with van der Waals surface area (Å²) in [4.78, 5) is 13.5. The van der Waals surface area contributed by atoms with Crippen molar-refractivity contribution < 1.29 is 4.79 Å². The molecule has 0 spiro atoms. The number of hydrogen-bond acceptors (Lipinski definition) is 1. The minimum absolute atomic E-state index is 0.251. The van der Waals surface area contributed by atoms with E-state index >= 15 is 0 Å². The molecule has 0 saturated carbocycles. The van der Waals surface area contributed by atoms with Gasteiger partial charge in [-0.15, -0.1) is 0 Å². The van der Waals surface area contributed by atoms with E-state index in [0.29, 0.717) is 6.42 Å². The van der Waals surface area contributed by atoms with Crippen molar-refractivity contribution in [1.29, 1.82) is 0 Å². The number of amides is 1. The zero-order valence-electron chi connectivity index (χ0n) is 8.09. The molecule has 0 aliphatic carbocycles. The number of anilines is 1. The lowest BCUT2D eigenvalue weighted by Gasteiger charge is -2.28. The standard InChI is InChI=1S/C11H12INO/c1-2-13-10-5-4-9(12)7-8(10)3-6-11(13)14/h4-5,7H,2-3,6H2,1H3. The van der Waals surface area contributed by atoms with Crippen molar-refractivity contribution in [2.75, 3.05) is 11.4 Å². The molecular formula is C11H12INO. The van der Waals surface area contributed by atoms with Crippen LogP contribution in [0.2, 0.25) is 0 Å². The van der Waals surface area contributed by atoms with Gasteiger partial charge in [-0.05, 0) is 59.7 Å². The van der Waals surface area contributed by atoms with Gasteiger partial charge in [0.15, 0.2) is 0 Å². The highest BCUT2D eigenvalue weighted by Gasteiger charge is 2.22. The first-order valence-corrected chi connectivity index (χ1v) is 5.89. The van der Waals surface area contributed by atoms with E-state index in [0.717, 1.165) is 18.7 Å². The molecular weight excluding hydrogens is 289 g/mol. The number of nitrogens with zero attached hydrogens (tertiary/aromatic N) is 1. The molecule has 74 valence electrons. The maximum absolute atomic E-state index is 11.6. The monoisotopic (exact) mass is 301 g/mol. The Labute approximate surface area is 97.4 Å². The number of carbonyl (C=O) groups is 1. The first-order chi connectivity index (χ1) is 6.72. The zero-order chi connectivity index (χ0) is 10.1. The van der Waals surface area contributed by atoms with Crippen LogP contribution in [0.15, 0.2) is 18.2 Å². The van der Waals surface area contributed by atoms with E-state index in [1.165, 1.54) is 9.13 Å². The van der Waals surface area contributed by atoms with Crippen LogP contribution in [-0.2, 0) is 11.2 Å². The van der Waals surface area contributed by atoms with Crippen molar-refractivity contribution in [2.24, 2.45) is 0 Å². The summed E-state index contributed by atoms with van der Waals surface area (Å²) in [5.74, 6) is 0.251. The second-order valence-corrected chi connectivity index (χ2v) is 4.66. The summed E-state index contributed by atoms with van der Waals surface area (Å²) in [5.41, 5.74) is 2.41. The molecule has 0 unspecified atom stereocenters. The Morgan fingerprint density at radius 2 is 2.21 bits per heavy atom. The van der Waals surface area contributed by atoms with Crippen LogP contribution in [0.3, 0.4) is 0 Å². The molecule has 1 aromatic carbocycles. The van der Waals surface area contributed by atoms with Crippen LogP contribution in [0.4, 0.5) is 5.69 Å². The first-order valence-electron chi connectivity index (χ1n) is 4.81. The first kappa shape index (κ1) is 9.96. The SMILES string of the molecule is CCN1C(=O)CCc2cc(I)ccc21. The molecule has 3 heteroatoms. The van der Waals surface area contributed by atoms with Crippen molar-refractivity contribution in [3.05, 3.63) is 27.3 Å². The molecule has 0 N–H and O–H groups in total. The third-order valence-corrected chi connectivity index (χ3v) is 3.23. The Morgan fingerprint density at radius 3 is 2.93 bits per heavy atom. The van der Waals surface area contributed by atoms with Crippen LogP contribution in [-0.4, -0.2) is 12.5 Å². The number of fused-ring (bicyclic) bond motifs is 1. The molecule has 2 nitrogen and oxygen atoms in total.